The molecule has 0 fully saturated rings. The van der Waals surface area contributed by atoms with E-state index >= 15 is 0 Å². The Morgan fingerprint density at radius 3 is 2.64 bits per heavy atom. The lowest BCUT2D eigenvalue weighted by Gasteiger charge is -2.10. The number of halogens is 2. The molecule has 112 valence electrons. The van der Waals surface area contributed by atoms with Gasteiger partial charge in [-0.05, 0) is 36.8 Å². The first-order valence-corrected chi connectivity index (χ1v) is 7.02. The van der Waals surface area contributed by atoms with Crippen LogP contribution in [0.5, 0.6) is 5.75 Å². The smallest absolute Gasteiger partial charge is 0.211 e. The Bertz CT molecular complexity index is 885. The van der Waals surface area contributed by atoms with Crippen molar-refractivity contribution in [1.29, 1.82) is 0 Å². The fourth-order valence-electron chi connectivity index (χ4n) is 2.20. The van der Waals surface area contributed by atoms with Crippen LogP contribution in [0.1, 0.15) is 11.1 Å². The van der Waals surface area contributed by atoms with Gasteiger partial charge < -0.3 is 9.15 Å². The highest BCUT2D eigenvalue weighted by molar-refractivity contribution is 6.30. The van der Waals surface area contributed by atoms with Crippen molar-refractivity contribution in [3.63, 3.8) is 0 Å². The summed E-state index contributed by atoms with van der Waals surface area (Å²) in [5.41, 5.74) is 1.74. The van der Waals surface area contributed by atoms with E-state index < -0.39 is 0 Å². The van der Waals surface area contributed by atoms with Crippen LogP contribution in [0.25, 0.3) is 11.0 Å². The van der Waals surface area contributed by atoms with E-state index in [4.69, 9.17) is 20.8 Å². The van der Waals surface area contributed by atoms with Crippen molar-refractivity contribution in [1.82, 2.24) is 0 Å². The van der Waals surface area contributed by atoms with Gasteiger partial charge in [-0.3, -0.25) is 4.79 Å². The van der Waals surface area contributed by atoms with Crippen molar-refractivity contribution in [3.05, 3.63) is 74.9 Å². The van der Waals surface area contributed by atoms with Gasteiger partial charge in [0.1, 0.15) is 35.0 Å². The monoisotopic (exact) mass is 318 g/mol. The zero-order valence-corrected chi connectivity index (χ0v) is 12.5. The minimum Gasteiger partial charge on any atom is -0.488 e. The van der Waals surface area contributed by atoms with E-state index in [9.17, 15) is 9.18 Å². The number of ether oxygens (including phenoxy) is 1. The molecular weight excluding hydrogens is 307 g/mol. The average Bonchev–Trinajstić information content (AvgIpc) is 2.52. The lowest BCUT2D eigenvalue weighted by atomic mass is 10.1. The summed E-state index contributed by atoms with van der Waals surface area (Å²) in [4.78, 5) is 11.9. The van der Waals surface area contributed by atoms with E-state index in [1.807, 2.05) is 0 Å². The fraction of sp³-hybridized carbons (Fsp3) is 0.118. The lowest BCUT2D eigenvalue weighted by molar-refractivity contribution is 0.304. The standard InChI is InChI=1S/C17H12ClFO3/c1-10-15(21-8-11-2-4-12(19)5-3-11)7-6-13-16(20)14(18)9-22-17(10)13/h2-7,9H,8H2,1H3. The highest BCUT2D eigenvalue weighted by atomic mass is 35.5. The molecule has 5 heteroatoms. The van der Waals surface area contributed by atoms with Crippen LogP contribution < -0.4 is 10.2 Å². The maximum absolute atomic E-state index is 12.9. The van der Waals surface area contributed by atoms with Gasteiger partial charge in [0, 0.05) is 5.56 Å². The summed E-state index contributed by atoms with van der Waals surface area (Å²) in [6, 6.07) is 9.41. The van der Waals surface area contributed by atoms with Crippen molar-refractivity contribution in [2.24, 2.45) is 0 Å². The Morgan fingerprint density at radius 1 is 1.18 bits per heavy atom. The molecule has 0 spiro atoms. The van der Waals surface area contributed by atoms with Gasteiger partial charge in [-0.25, -0.2) is 4.39 Å². The molecule has 0 saturated heterocycles. The second kappa shape index (κ2) is 5.81. The molecule has 0 unspecified atom stereocenters. The number of fused-ring (bicyclic) bond motifs is 1. The Hall–Kier alpha value is -2.33. The predicted octanol–water partition coefficient (Wildman–Crippen LogP) is 4.47. The van der Waals surface area contributed by atoms with E-state index in [0.29, 0.717) is 28.9 Å². The van der Waals surface area contributed by atoms with Crippen molar-refractivity contribution >= 4 is 22.6 Å². The maximum Gasteiger partial charge on any atom is 0.211 e. The first kappa shape index (κ1) is 14.6. The highest BCUT2D eigenvalue weighted by Gasteiger charge is 2.11. The SMILES string of the molecule is Cc1c(OCc2ccc(F)cc2)ccc2c(=O)c(Cl)coc12. The summed E-state index contributed by atoms with van der Waals surface area (Å²) in [7, 11) is 0. The maximum atomic E-state index is 12.9. The Morgan fingerprint density at radius 2 is 1.91 bits per heavy atom. The number of rotatable bonds is 3. The number of benzene rings is 2. The van der Waals surface area contributed by atoms with Gasteiger partial charge in [0.25, 0.3) is 0 Å². The summed E-state index contributed by atoms with van der Waals surface area (Å²) in [6.07, 6.45) is 1.23. The molecular formula is C17H12ClFO3. The molecule has 0 radical (unpaired) electrons. The van der Waals surface area contributed by atoms with Gasteiger partial charge in [0.05, 0.1) is 5.39 Å². The molecule has 1 aromatic heterocycles. The summed E-state index contributed by atoms with van der Waals surface area (Å²) >= 11 is 5.77. The number of hydrogen-bond acceptors (Lipinski definition) is 3. The van der Waals surface area contributed by atoms with Gasteiger partial charge in [-0.15, -0.1) is 0 Å². The van der Waals surface area contributed by atoms with Gasteiger partial charge in [0.15, 0.2) is 0 Å². The number of hydrogen-bond donors (Lipinski definition) is 0. The van der Waals surface area contributed by atoms with Gasteiger partial charge >= 0.3 is 0 Å². The molecule has 0 bridgehead atoms. The summed E-state index contributed by atoms with van der Waals surface area (Å²) < 4.78 is 24.0. The third kappa shape index (κ3) is 2.70. The Labute approximate surface area is 130 Å². The Kier molecular flexibility index (Phi) is 3.86. The first-order chi connectivity index (χ1) is 10.6. The molecule has 1 heterocycles. The number of aryl methyl sites for hydroxylation is 1. The second-order valence-corrected chi connectivity index (χ2v) is 5.30. The van der Waals surface area contributed by atoms with E-state index in [-0.39, 0.29) is 16.3 Å². The minimum atomic E-state index is -0.288. The average molecular weight is 319 g/mol. The van der Waals surface area contributed by atoms with Crippen LogP contribution in [-0.2, 0) is 6.61 Å². The molecule has 0 atom stereocenters. The van der Waals surface area contributed by atoms with E-state index in [1.54, 1.807) is 31.2 Å². The van der Waals surface area contributed by atoms with E-state index in [2.05, 4.69) is 0 Å². The fourth-order valence-corrected chi connectivity index (χ4v) is 2.34. The quantitative estimate of drug-likeness (QED) is 0.715. The minimum absolute atomic E-state index is 0.0480. The van der Waals surface area contributed by atoms with Crippen LogP contribution in [-0.4, -0.2) is 0 Å². The van der Waals surface area contributed by atoms with Crippen LogP contribution in [0.15, 0.2) is 51.9 Å². The molecule has 3 rings (SSSR count). The molecule has 0 saturated carbocycles. The van der Waals surface area contributed by atoms with Crippen molar-refractivity contribution in [2.45, 2.75) is 13.5 Å². The predicted molar refractivity (Wildman–Crippen MR) is 83.0 cm³/mol. The normalized spacial score (nSPS) is 10.9. The third-order valence-electron chi connectivity index (χ3n) is 3.41. The summed E-state index contributed by atoms with van der Waals surface area (Å²) in [5.74, 6) is 0.312. The molecule has 22 heavy (non-hydrogen) atoms. The molecule has 2 aromatic carbocycles. The van der Waals surface area contributed by atoms with Gasteiger partial charge in [-0.1, -0.05) is 23.7 Å². The van der Waals surface area contributed by atoms with Crippen LogP contribution in [0.2, 0.25) is 5.02 Å². The first-order valence-electron chi connectivity index (χ1n) is 6.64. The highest BCUT2D eigenvalue weighted by Crippen LogP contribution is 2.27. The summed E-state index contributed by atoms with van der Waals surface area (Å²) in [6.45, 7) is 2.10. The largest absolute Gasteiger partial charge is 0.488 e. The van der Waals surface area contributed by atoms with Crippen LogP contribution in [0.3, 0.4) is 0 Å². The van der Waals surface area contributed by atoms with E-state index in [0.717, 1.165) is 5.56 Å². The molecule has 3 nitrogen and oxygen atoms in total. The lowest BCUT2D eigenvalue weighted by Crippen LogP contribution is -2.03. The van der Waals surface area contributed by atoms with Gasteiger partial charge in [0.2, 0.25) is 5.43 Å². The molecule has 3 aromatic rings. The molecule has 0 amide bonds. The molecule has 0 N–H and O–H groups in total. The van der Waals surface area contributed by atoms with Crippen LogP contribution >= 0.6 is 11.6 Å². The zero-order chi connectivity index (χ0) is 15.7. The van der Waals surface area contributed by atoms with Crippen molar-refractivity contribution < 1.29 is 13.5 Å². The van der Waals surface area contributed by atoms with Crippen LogP contribution in [0.4, 0.5) is 4.39 Å². The van der Waals surface area contributed by atoms with E-state index in [1.165, 1.54) is 18.4 Å². The molecule has 0 aliphatic heterocycles. The topological polar surface area (TPSA) is 39.4 Å². The molecule has 0 aliphatic rings. The van der Waals surface area contributed by atoms with Gasteiger partial charge in [-0.2, -0.15) is 0 Å². The second-order valence-electron chi connectivity index (χ2n) is 4.89. The Balaban J connectivity index is 1.91. The third-order valence-corrected chi connectivity index (χ3v) is 3.67. The zero-order valence-electron chi connectivity index (χ0n) is 11.7. The van der Waals surface area contributed by atoms with Crippen molar-refractivity contribution in [2.75, 3.05) is 0 Å². The molecule has 0 aliphatic carbocycles. The van der Waals surface area contributed by atoms with Crippen LogP contribution in [0, 0.1) is 12.7 Å². The summed E-state index contributed by atoms with van der Waals surface area (Å²) in [5, 5.41) is 0.464. The van der Waals surface area contributed by atoms with Crippen molar-refractivity contribution in [3.8, 4) is 5.75 Å².